The third-order valence-electron chi connectivity index (χ3n) is 4.58. The van der Waals surface area contributed by atoms with E-state index in [-0.39, 0.29) is 0 Å². The van der Waals surface area contributed by atoms with E-state index >= 15 is 0 Å². The Balaban J connectivity index is 2.07. The van der Waals surface area contributed by atoms with Crippen LogP contribution in [0.15, 0.2) is 12.1 Å². The number of nitrogens with zero attached hydrogens (tertiary/aromatic N) is 1. The highest BCUT2D eigenvalue weighted by Crippen LogP contribution is 2.22. The highest BCUT2D eigenvalue weighted by Gasteiger charge is 2.25. The van der Waals surface area contributed by atoms with Crippen LogP contribution in [0.2, 0.25) is 0 Å². The van der Waals surface area contributed by atoms with E-state index in [4.69, 9.17) is 0 Å². The van der Waals surface area contributed by atoms with Crippen molar-refractivity contribution in [1.82, 2.24) is 10.2 Å². The average molecular weight is 260 g/mol. The molecule has 1 saturated heterocycles. The summed E-state index contributed by atoms with van der Waals surface area (Å²) in [4.78, 5) is 2.61. The van der Waals surface area contributed by atoms with Crippen LogP contribution in [0.1, 0.15) is 35.6 Å². The Morgan fingerprint density at radius 3 is 2.37 bits per heavy atom. The van der Waals surface area contributed by atoms with Crippen molar-refractivity contribution < 1.29 is 0 Å². The smallest absolute Gasteiger partial charge is 0.0239 e. The van der Waals surface area contributed by atoms with Crippen LogP contribution in [0.25, 0.3) is 0 Å². The van der Waals surface area contributed by atoms with Crippen LogP contribution < -0.4 is 5.32 Å². The molecule has 0 spiro atoms. The summed E-state index contributed by atoms with van der Waals surface area (Å²) in [6, 6.07) is 5.31. The van der Waals surface area contributed by atoms with Crippen molar-refractivity contribution in [2.24, 2.45) is 5.92 Å². The first kappa shape index (κ1) is 14.5. The van der Waals surface area contributed by atoms with Crippen molar-refractivity contribution in [3.05, 3.63) is 34.4 Å². The molecule has 0 bridgehead atoms. The van der Waals surface area contributed by atoms with Gasteiger partial charge in [-0.3, -0.25) is 4.90 Å². The summed E-state index contributed by atoms with van der Waals surface area (Å²) in [6.07, 6.45) is 1.27. The molecule has 2 unspecified atom stereocenters. The minimum absolute atomic E-state index is 0.691. The monoisotopic (exact) mass is 260 g/mol. The van der Waals surface area contributed by atoms with Crippen LogP contribution in [0, 0.1) is 26.7 Å². The summed E-state index contributed by atoms with van der Waals surface area (Å²) in [5, 5.41) is 3.44. The first-order valence-electron chi connectivity index (χ1n) is 7.47. The van der Waals surface area contributed by atoms with E-state index in [1.807, 2.05) is 0 Å². The van der Waals surface area contributed by atoms with E-state index in [9.17, 15) is 0 Å². The normalized spacial score (nSPS) is 24.7. The zero-order chi connectivity index (χ0) is 14.0. The van der Waals surface area contributed by atoms with Gasteiger partial charge < -0.3 is 5.32 Å². The van der Waals surface area contributed by atoms with Gasteiger partial charge in [-0.15, -0.1) is 0 Å². The molecule has 2 atom stereocenters. The van der Waals surface area contributed by atoms with Crippen LogP contribution in [-0.2, 0) is 6.54 Å². The molecule has 0 amide bonds. The fraction of sp³-hybridized carbons (Fsp3) is 0.647. The fourth-order valence-electron chi connectivity index (χ4n) is 3.49. The molecule has 106 valence electrons. The van der Waals surface area contributed by atoms with Crippen molar-refractivity contribution in [1.29, 1.82) is 0 Å². The van der Waals surface area contributed by atoms with Gasteiger partial charge in [0.1, 0.15) is 0 Å². The van der Waals surface area contributed by atoms with Crippen LogP contribution in [0.3, 0.4) is 0 Å². The van der Waals surface area contributed by atoms with Gasteiger partial charge in [0.2, 0.25) is 0 Å². The first-order valence-corrected chi connectivity index (χ1v) is 7.47. The molecule has 2 heteroatoms. The van der Waals surface area contributed by atoms with Gasteiger partial charge in [-0.1, -0.05) is 24.6 Å². The molecule has 19 heavy (non-hydrogen) atoms. The second-order valence-corrected chi connectivity index (χ2v) is 6.27. The van der Waals surface area contributed by atoms with Gasteiger partial charge in [0, 0.05) is 19.1 Å². The van der Waals surface area contributed by atoms with Gasteiger partial charge in [0.25, 0.3) is 0 Å². The van der Waals surface area contributed by atoms with Crippen LogP contribution in [0.4, 0.5) is 0 Å². The summed E-state index contributed by atoms with van der Waals surface area (Å²) in [6.45, 7) is 12.6. The van der Waals surface area contributed by atoms with Crippen molar-refractivity contribution >= 4 is 0 Å². The van der Waals surface area contributed by atoms with E-state index in [1.54, 1.807) is 0 Å². The van der Waals surface area contributed by atoms with Gasteiger partial charge in [0.05, 0.1) is 0 Å². The van der Waals surface area contributed by atoms with Crippen molar-refractivity contribution in [2.45, 2.75) is 46.7 Å². The molecule has 1 aliphatic rings. The van der Waals surface area contributed by atoms with Gasteiger partial charge in [-0.05, 0) is 63.4 Å². The van der Waals surface area contributed by atoms with E-state index in [1.165, 1.54) is 41.8 Å². The topological polar surface area (TPSA) is 15.3 Å². The summed E-state index contributed by atoms with van der Waals surface area (Å²) < 4.78 is 0. The lowest BCUT2D eigenvalue weighted by Gasteiger charge is -2.37. The summed E-state index contributed by atoms with van der Waals surface area (Å²) in [7, 11) is 2.09. The van der Waals surface area contributed by atoms with Crippen molar-refractivity contribution in [2.75, 3.05) is 20.1 Å². The Bertz CT molecular complexity index is 416. The molecule has 0 aliphatic carbocycles. The first-order chi connectivity index (χ1) is 9.01. The molecule has 1 heterocycles. The lowest BCUT2D eigenvalue weighted by molar-refractivity contribution is 0.144. The minimum Gasteiger partial charge on any atom is -0.317 e. The molecule has 0 aromatic heterocycles. The van der Waals surface area contributed by atoms with Crippen LogP contribution in [-0.4, -0.2) is 31.1 Å². The molecule has 2 nitrogen and oxygen atoms in total. The van der Waals surface area contributed by atoms with Crippen LogP contribution >= 0.6 is 0 Å². The van der Waals surface area contributed by atoms with E-state index in [0.717, 1.165) is 12.5 Å². The van der Waals surface area contributed by atoms with E-state index in [2.05, 4.69) is 57.1 Å². The Kier molecular flexibility index (Phi) is 4.64. The number of likely N-dealkylation sites (tertiary alicyclic amines) is 1. The van der Waals surface area contributed by atoms with Gasteiger partial charge >= 0.3 is 0 Å². The largest absolute Gasteiger partial charge is 0.317 e. The molecule has 0 saturated carbocycles. The predicted molar refractivity (Wildman–Crippen MR) is 82.6 cm³/mol. The third kappa shape index (κ3) is 3.37. The molecule has 1 aromatic rings. The molecule has 1 N–H and O–H groups in total. The second kappa shape index (κ2) is 6.06. The SMILES string of the molecule is CNC1CCN(Cc2c(C)cc(C)cc2C)CC1C. The van der Waals surface area contributed by atoms with E-state index in [0.29, 0.717) is 6.04 Å². The predicted octanol–water partition coefficient (Wildman–Crippen LogP) is 3.04. The number of nitrogens with one attached hydrogen (secondary N) is 1. The lowest BCUT2D eigenvalue weighted by atomic mass is 9.92. The van der Waals surface area contributed by atoms with Crippen molar-refractivity contribution in [3.63, 3.8) is 0 Å². The molecule has 1 fully saturated rings. The van der Waals surface area contributed by atoms with Gasteiger partial charge in [-0.2, -0.15) is 0 Å². The number of rotatable bonds is 3. The lowest BCUT2D eigenvalue weighted by Crippen LogP contribution is -2.46. The van der Waals surface area contributed by atoms with Gasteiger partial charge in [-0.25, -0.2) is 0 Å². The Hall–Kier alpha value is -0.860. The number of hydrogen-bond donors (Lipinski definition) is 1. The maximum absolute atomic E-state index is 3.44. The van der Waals surface area contributed by atoms with Gasteiger partial charge in [0.15, 0.2) is 0 Å². The number of aryl methyl sites for hydroxylation is 3. The molecular weight excluding hydrogens is 232 g/mol. The quantitative estimate of drug-likeness (QED) is 0.898. The third-order valence-corrected chi connectivity index (χ3v) is 4.58. The summed E-state index contributed by atoms with van der Waals surface area (Å²) in [5.74, 6) is 0.741. The Morgan fingerprint density at radius 1 is 1.21 bits per heavy atom. The zero-order valence-electron chi connectivity index (χ0n) is 13.1. The highest BCUT2D eigenvalue weighted by molar-refractivity contribution is 5.37. The Morgan fingerprint density at radius 2 is 1.84 bits per heavy atom. The van der Waals surface area contributed by atoms with E-state index < -0.39 is 0 Å². The molecular formula is C17H28N2. The maximum Gasteiger partial charge on any atom is 0.0239 e. The number of benzene rings is 1. The maximum atomic E-state index is 3.44. The average Bonchev–Trinajstić information content (AvgIpc) is 2.34. The second-order valence-electron chi connectivity index (χ2n) is 6.27. The van der Waals surface area contributed by atoms with Crippen molar-refractivity contribution in [3.8, 4) is 0 Å². The minimum atomic E-state index is 0.691. The molecule has 2 rings (SSSR count). The Labute approximate surface area is 118 Å². The molecule has 1 aliphatic heterocycles. The highest BCUT2D eigenvalue weighted by atomic mass is 15.1. The standard InChI is InChI=1S/C17H28N2/c1-12-8-13(2)16(14(3)9-12)11-19-7-6-17(18-5)15(4)10-19/h8-9,15,17-18H,6-7,10-11H2,1-5H3. The van der Waals surface area contributed by atoms with Crippen LogP contribution in [0.5, 0.6) is 0 Å². The fourth-order valence-corrected chi connectivity index (χ4v) is 3.49. The summed E-state index contributed by atoms with van der Waals surface area (Å²) >= 11 is 0. The number of hydrogen-bond acceptors (Lipinski definition) is 2. The zero-order valence-corrected chi connectivity index (χ0v) is 13.1. The summed E-state index contributed by atoms with van der Waals surface area (Å²) in [5.41, 5.74) is 5.79. The molecule has 0 radical (unpaired) electrons. The molecule has 1 aromatic carbocycles. The number of piperidine rings is 1.